The minimum atomic E-state index is 0.0217. The van der Waals surface area contributed by atoms with Crippen LogP contribution in [0, 0.1) is 0 Å². The van der Waals surface area contributed by atoms with Gasteiger partial charge >= 0.3 is 0 Å². The maximum Gasteiger partial charge on any atom is 0.0716 e. The highest BCUT2D eigenvalue weighted by molar-refractivity contribution is 7.62. The molecule has 1 saturated heterocycles. The van der Waals surface area contributed by atoms with Crippen molar-refractivity contribution in [3.63, 3.8) is 0 Å². The van der Waals surface area contributed by atoms with Crippen molar-refractivity contribution in [2.45, 2.75) is 57.3 Å². The van der Waals surface area contributed by atoms with E-state index in [2.05, 4.69) is 27.7 Å². The molecular weight excluding hydrogens is 162 g/mol. The Kier molecular flexibility index (Phi) is 2.94. The molecule has 0 atom stereocenters. The predicted octanol–water partition coefficient (Wildman–Crippen LogP) is 3.34. The first-order valence-electron chi connectivity index (χ1n) is 4.88. The van der Waals surface area contributed by atoms with Gasteiger partial charge in [-0.3, -0.25) is 0 Å². The van der Waals surface area contributed by atoms with Crippen LogP contribution >= 0.6 is 7.92 Å². The first-order valence-corrected chi connectivity index (χ1v) is 6.41. The molecule has 0 aromatic rings. The van der Waals surface area contributed by atoms with Crippen LogP contribution in [0.4, 0.5) is 0 Å². The Labute approximate surface area is 79.7 Å². The van der Waals surface area contributed by atoms with Crippen molar-refractivity contribution in [1.29, 1.82) is 0 Å². The summed E-state index contributed by atoms with van der Waals surface area (Å²) in [6.45, 7) is 9.58. The lowest BCUT2D eigenvalue weighted by molar-refractivity contribution is 0.468. The van der Waals surface area contributed by atoms with Crippen molar-refractivity contribution < 1.29 is 0 Å². The molecule has 0 aromatic heterocycles. The molecular formula is C10H20BP. The standard InChI is InChI=1S/C10H20BP/c1-9(2)6-5-7-10(3,4)12(9)8-11/h5-8H2,1-4H3. The molecule has 0 aliphatic carbocycles. The highest BCUT2D eigenvalue weighted by Crippen LogP contribution is 2.64. The van der Waals surface area contributed by atoms with Crippen LogP contribution < -0.4 is 0 Å². The second kappa shape index (κ2) is 3.33. The van der Waals surface area contributed by atoms with E-state index in [9.17, 15) is 0 Å². The zero-order valence-corrected chi connectivity index (χ0v) is 9.75. The molecule has 1 aliphatic rings. The smallest absolute Gasteiger partial charge is 0.0716 e. The maximum atomic E-state index is 5.88. The lowest BCUT2D eigenvalue weighted by Gasteiger charge is -2.50. The fraction of sp³-hybridized carbons (Fsp3) is 1.00. The van der Waals surface area contributed by atoms with Crippen molar-refractivity contribution in [2.24, 2.45) is 0 Å². The minimum Gasteiger partial charge on any atom is -0.104 e. The molecule has 1 aliphatic heterocycles. The average Bonchev–Trinajstić information content (AvgIpc) is 1.83. The Morgan fingerprint density at radius 3 is 1.75 bits per heavy atom. The molecule has 0 saturated carbocycles. The molecule has 0 amide bonds. The summed E-state index contributed by atoms with van der Waals surface area (Å²) in [6.07, 6.45) is 4.14. The summed E-state index contributed by atoms with van der Waals surface area (Å²) < 4.78 is 0. The molecule has 0 nitrogen and oxygen atoms in total. The Bertz CT molecular complexity index is 147. The van der Waals surface area contributed by atoms with Gasteiger partial charge in [0, 0.05) is 0 Å². The number of hydrogen-bond acceptors (Lipinski definition) is 0. The van der Waals surface area contributed by atoms with Gasteiger partial charge in [-0.1, -0.05) is 40.2 Å². The van der Waals surface area contributed by atoms with Crippen LogP contribution in [-0.4, -0.2) is 24.2 Å². The van der Waals surface area contributed by atoms with Gasteiger partial charge in [0.25, 0.3) is 0 Å². The molecule has 1 fully saturated rings. The molecule has 1 rings (SSSR count). The third-order valence-corrected chi connectivity index (χ3v) is 6.96. The van der Waals surface area contributed by atoms with Crippen molar-refractivity contribution in [3.05, 3.63) is 0 Å². The van der Waals surface area contributed by atoms with E-state index in [0.29, 0.717) is 10.3 Å². The van der Waals surface area contributed by atoms with Crippen LogP contribution in [0.25, 0.3) is 0 Å². The second-order valence-electron chi connectivity index (χ2n) is 5.09. The molecule has 0 aromatic carbocycles. The van der Waals surface area contributed by atoms with Gasteiger partial charge in [-0.15, -0.1) is 7.92 Å². The Morgan fingerprint density at radius 1 is 1.08 bits per heavy atom. The first kappa shape index (κ1) is 10.6. The molecule has 2 radical (unpaired) electrons. The topological polar surface area (TPSA) is 0 Å². The van der Waals surface area contributed by atoms with Crippen molar-refractivity contribution in [1.82, 2.24) is 0 Å². The van der Waals surface area contributed by atoms with E-state index in [1.165, 1.54) is 19.3 Å². The van der Waals surface area contributed by atoms with Gasteiger partial charge in [0.15, 0.2) is 0 Å². The summed E-state index contributed by atoms with van der Waals surface area (Å²) in [5.41, 5.74) is 0. The van der Waals surface area contributed by atoms with E-state index >= 15 is 0 Å². The van der Waals surface area contributed by atoms with Gasteiger partial charge < -0.3 is 0 Å². The minimum absolute atomic E-state index is 0.0217. The van der Waals surface area contributed by atoms with Crippen molar-refractivity contribution in [3.8, 4) is 0 Å². The summed E-state index contributed by atoms with van der Waals surface area (Å²) in [5, 5.41) is 1.04. The van der Waals surface area contributed by atoms with Crippen molar-refractivity contribution >= 4 is 15.8 Å². The van der Waals surface area contributed by atoms with Gasteiger partial charge in [0.05, 0.1) is 7.85 Å². The zero-order valence-electron chi connectivity index (χ0n) is 8.85. The van der Waals surface area contributed by atoms with E-state index in [-0.39, 0.29) is 7.92 Å². The van der Waals surface area contributed by atoms with E-state index in [1.807, 2.05) is 0 Å². The number of hydrogen-bond donors (Lipinski definition) is 0. The highest BCUT2D eigenvalue weighted by atomic mass is 31.1. The van der Waals surface area contributed by atoms with E-state index in [0.717, 1.165) is 6.06 Å². The fourth-order valence-corrected chi connectivity index (χ4v) is 6.02. The normalized spacial score (nSPS) is 28.7. The third kappa shape index (κ3) is 1.87. The third-order valence-electron chi connectivity index (χ3n) is 3.22. The largest absolute Gasteiger partial charge is 0.104 e. The van der Waals surface area contributed by atoms with Crippen molar-refractivity contribution in [2.75, 3.05) is 6.06 Å². The van der Waals surface area contributed by atoms with Crippen LogP contribution in [0.3, 0.4) is 0 Å². The van der Waals surface area contributed by atoms with E-state index in [1.54, 1.807) is 0 Å². The van der Waals surface area contributed by atoms with E-state index in [4.69, 9.17) is 7.85 Å². The molecule has 0 N–H and O–H groups in total. The quantitative estimate of drug-likeness (QED) is 0.431. The lowest BCUT2D eigenvalue weighted by atomic mass is 9.98. The molecule has 0 unspecified atom stereocenters. The average molecular weight is 182 g/mol. The molecule has 0 spiro atoms. The summed E-state index contributed by atoms with van der Waals surface area (Å²) in [4.78, 5) is 0. The first-order chi connectivity index (χ1) is 5.40. The fourth-order valence-electron chi connectivity index (χ4n) is 2.54. The zero-order chi connectivity index (χ0) is 9.41. The Balaban J connectivity index is 2.81. The highest BCUT2D eigenvalue weighted by Gasteiger charge is 2.41. The Hall–Kier alpha value is 0.495. The van der Waals surface area contributed by atoms with Crippen LogP contribution in [0.1, 0.15) is 47.0 Å². The van der Waals surface area contributed by atoms with E-state index < -0.39 is 0 Å². The summed E-state index contributed by atoms with van der Waals surface area (Å²) >= 11 is 0. The monoisotopic (exact) mass is 182 g/mol. The lowest BCUT2D eigenvalue weighted by Crippen LogP contribution is -2.36. The SMILES string of the molecule is [B]CP1C(C)(C)CCCC1(C)C. The molecule has 12 heavy (non-hydrogen) atoms. The molecule has 2 heteroatoms. The summed E-state index contributed by atoms with van der Waals surface area (Å²) in [6, 6.07) is 0.912. The maximum absolute atomic E-state index is 5.88. The summed E-state index contributed by atoms with van der Waals surface area (Å²) in [5.74, 6) is 0. The predicted molar refractivity (Wildman–Crippen MR) is 59.6 cm³/mol. The number of rotatable bonds is 1. The summed E-state index contributed by atoms with van der Waals surface area (Å²) in [7, 11) is 5.91. The van der Waals surface area contributed by atoms with Crippen LogP contribution in [0.15, 0.2) is 0 Å². The van der Waals surface area contributed by atoms with Crippen LogP contribution in [-0.2, 0) is 0 Å². The second-order valence-corrected chi connectivity index (χ2v) is 8.73. The molecule has 0 bridgehead atoms. The van der Waals surface area contributed by atoms with Gasteiger partial charge in [-0.2, -0.15) is 0 Å². The van der Waals surface area contributed by atoms with Crippen LogP contribution in [0.2, 0.25) is 0 Å². The molecule has 1 heterocycles. The molecule has 68 valence electrons. The van der Waals surface area contributed by atoms with Gasteiger partial charge in [-0.25, -0.2) is 0 Å². The van der Waals surface area contributed by atoms with Crippen LogP contribution in [0.5, 0.6) is 0 Å². The van der Waals surface area contributed by atoms with Gasteiger partial charge in [0.1, 0.15) is 0 Å². The Morgan fingerprint density at radius 2 is 1.50 bits per heavy atom. The van der Waals surface area contributed by atoms with Gasteiger partial charge in [-0.05, 0) is 23.2 Å². The van der Waals surface area contributed by atoms with Gasteiger partial charge in [0.2, 0.25) is 0 Å².